The zero-order valence-corrected chi connectivity index (χ0v) is 15.3. The van der Waals surface area contributed by atoms with Crippen molar-refractivity contribution in [2.45, 2.75) is 57.9 Å². The predicted molar refractivity (Wildman–Crippen MR) is 101 cm³/mol. The number of unbranched alkanes of at least 4 members (excludes halogenated alkanes) is 2. The molecule has 0 aliphatic rings. The molecule has 0 unspecified atom stereocenters. The molecule has 0 bridgehead atoms. The van der Waals surface area contributed by atoms with Crippen molar-refractivity contribution in [2.24, 2.45) is 5.73 Å². The average Bonchev–Trinajstić information content (AvgIpc) is 2.43. The fourth-order valence-corrected chi connectivity index (χ4v) is 3.60. The second-order valence-corrected chi connectivity index (χ2v) is 7.19. The number of rotatable bonds is 9. The van der Waals surface area contributed by atoms with E-state index in [1.165, 1.54) is 29.8 Å². The van der Waals surface area contributed by atoms with E-state index in [1.54, 1.807) is 0 Å². The Kier molecular flexibility index (Phi) is 8.12. The lowest BCUT2D eigenvalue weighted by atomic mass is 10.1. The van der Waals surface area contributed by atoms with Crippen LogP contribution in [0.5, 0.6) is 0 Å². The Morgan fingerprint density at radius 2 is 2.00 bits per heavy atom. The molecule has 0 spiro atoms. The third-order valence-corrected chi connectivity index (χ3v) is 4.63. The van der Waals surface area contributed by atoms with Gasteiger partial charge in [-0.05, 0) is 38.2 Å². The highest BCUT2D eigenvalue weighted by Gasteiger charge is 2.18. The maximum Gasteiger partial charge on any atom is 0.107 e. The Balaban J connectivity index is 3.17. The minimum absolute atomic E-state index is 0.442. The average molecular weight is 325 g/mol. The number of thiocarbonyl (C=S) groups is 1. The second-order valence-electron chi connectivity index (χ2n) is 5.44. The zero-order valence-electron chi connectivity index (χ0n) is 13.7. The highest BCUT2D eigenvalue weighted by atomic mass is 32.2. The number of nitrogens with zero attached hydrogens (tertiary/aromatic N) is 1. The van der Waals surface area contributed by atoms with Crippen molar-refractivity contribution in [1.82, 2.24) is 0 Å². The molecule has 0 aromatic heterocycles. The van der Waals surface area contributed by atoms with E-state index in [1.807, 2.05) is 11.8 Å². The van der Waals surface area contributed by atoms with Crippen LogP contribution in [0.4, 0.5) is 5.69 Å². The summed E-state index contributed by atoms with van der Waals surface area (Å²) in [6.07, 6.45) is 3.70. The Morgan fingerprint density at radius 3 is 2.52 bits per heavy atom. The van der Waals surface area contributed by atoms with E-state index in [2.05, 4.69) is 50.8 Å². The molecule has 2 nitrogen and oxygen atoms in total. The van der Waals surface area contributed by atoms with Crippen LogP contribution in [0.15, 0.2) is 23.1 Å². The van der Waals surface area contributed by atoms with E-state index in [-0.39, 0.29) is 0 Å². The Hall–Kier alpha value is -0.740. The van der Waals surface area contributed by atoms with Crippen LogP contribution in [0.2, 0.25) is 0 Å². The molecule has 2 N–H and O–H groups in total. The molecule has 0 heterocycles. The van der Waals surface area contributed by atoms with Gasteiger partial charge in [-0.15, -0.1) is 11.8 Å². The van der Waals surface area contributed by atoms with Crippen LogP contribution >= 0.6 is 24.0 Å². The number of anilines is 1. The van der Waals surface area contributed by atoms with Crippen molar-refractivity contribution in [3.63, 3.8) is 0 Å². The fraction of sp³-hybridized carbons (Fsp3) is 0.588. The van der Waals surface area contributed by atoms with Crippen molar-refractivity contribution < 1.29 is 0 Å². The monoisotopic (exact) mass is 324 g/mol. The first-order chi connectivity index (χ1) is 10.0. The summed E-state index contributed by atoms with van der Waals surface area (Å²) in [5.74, 6) is 1.02. The van der Waals surface area contributed by atoms with Gasteiger partial charge in [0.25, 0.3) is 0 Å². The van der Waals surface area contributed by atoms with Gasteiger partial charge in [0.15, 0.2) is 0 Å². The molecule has 0 atom stereocenters. The van der Waals surface area contributed by atoms with Crippen LogP contribution in [0, 0.1) is 0 Å². The van der Waals surface area contributed by atoms with Gasteiger partial charge in [-0.2, -0.15) is 0 Å². The maximum atomic E-state index is 6.03. The van der Waals surface area contributed by atoms with Crippen LogP contribution < -0.4 is 10.6 Å². The number of hydrogen-bond donors (Lipinski definition) is 1. The van der Waals surface area contributed by atoms with Gasteiger partial charge in [0, 0.05) is 28.7 Å². The number of hydrogen-bond acceptors (Lipinski definition) is 3. The first kappa shape index (κ1) is 18.3. The van der Waals surface area contributed by atoms with Gasteiger partial charge in [0.1, 0.15) is 4.99 Å². The molecular weight excluding hydrogens is 296 g/mol. The minimum Gasteiger partial charge on any atom is -0.389 e. The largest absolute Gasteiger partial charge is 0.389 e. The van der Waals surface area contributed by atoms with Gasteiger partial charge in [0.05, 0.1) is 0 Å². The van der Waals surface area contributed by atoms with E-state index < -0.39 is 0 Å². The standard InChI is InChI=1S/C17H28N2S2/c1-5-7-8-12-19(13(3)4)14-10-9-11-15(21-6-2)16(14)17(18)20/h9-11,13H,5-8,12H2,1-4H3,(H2,18,20). The van der Waals surface area contributed by atoms with Gasteiger partial charge in [0.2, 0.25) is 0 Å². The van der Waals surface area contributed by atoms with Crippen LogP contribution in [-0.2, 0) is 0 Å². The molecule has 118 valence electrons. The minimum atomic E-state index is 0.442. The Bertz CT molecular complexity index is 458. The first-order valence-electron chi connectivity index (χ1n) is 7.85. The van der Waals surface area contributed by atoms with Crippen molar-refractivity contribution in [1.29, 1.82) is 0 Å². The summed E-state index contributed by atoms with van der Waals surface area (Å²) < 4.78 is 0. The molecule has 0 amide bonds. The number of thioether (sulfide) groups is 1. The lowest BCUT2D eigenvalue weighted by Gasteiger charge is -2.31. The van der Waals surface area contributed by atoms with Gasteiger partial charge in [-0.3, -0.25) is 0 Å². The van der Waals surface area contributed by atoms with Gasteiger partial charge in [-0.25, -0.2) is 0 Å². The lowest BCUT2D eigenvalue weighted by molar-refractivity contribution is 0.625. The number of nitrogens with two attached hydrogens (primary N) is 1. The fourth-order valence-electron chi connectivity index (χ4n) is 2.47. The van der Waals surface area contributed by atoms with Gasteiger partial charge < -0.3 is 10.6 Å². The summed E-state index contributed by atoms with van der Waals surface area (Å²) in [7, 11) is 0. The third-order valence-electron chi connectivity index (χ3n) is 3.49. The molecule has 0 radical (unpaired) electrons. The van der Waals surface area contributed by atoms with E-state index in [0.717, 1.165) is 17.9 Å². The summed E-state index contributed by atoms with van der Waals surface area (Å²) in [6.45, 7) is 9.91. The van der Waals surface area contributed by atoms with Crippen molar-refractivity contribution in [3.8, 4) is 0 Å². The summed E-state index contributed by atoms with van der Waals surface area (Å²) >= 11 is 7.14. The van der Waals surface area contributed by atoms with Crippen molar-refractivity contribution in [2.75, 3.05) is 17.2 Å². The summed E-state index contributed by atoms with van der Waals surface area (Å²) in [6, 6.07) is 6.83. The molecule has 21 heavy (non-hydrogen) atoms. The number of benzene rings is 1. The van der Waals surface area contributed by atoms with Crippen LogP contribution in [0.25, 0.3) is 0 Å². The molecule has 0 aliphatic carbocycles. The van der Waals surface area contributed by atoms with Gasteiger partial charge in [-0.1, -0.05) is 45.0 Å². The second kappa shape index (κ2) is 9.31. The van der Waals surface area contributed by atoms with Gasteiger partial charge >= 0.3 is 0 Å². The van der Waals surface area contributed by atoms with E-state index in [4.69, 9.17) is 18.0 Å². The highest BCUT2D eigenvalue weighted by Crippen LogP contribution is 2.32. The maximum absolute atomic E-state index is 6.03. The zero-order chi connectivity index (χ0) is 15.8. The van der Waals surface area contributed by atoms with E-state index >= 15 is 0 Å². The van der Waals surface area contributed by atoms with Crippen LogP contribution in [-0.4, -0.2) is 23.3 Å². The molecule has 0 fully saturated rings. The molecule has 0 saturated heterocycles. The molecule has 1 aromatic rings. The molecular formula is C17H28N2S2. The molecule has 1 aromatic carbocycles. The Labute approximate surface area is 139 Å². The first-order valence-corrected chi connectivity index (χ1v) is 9.24. The topological polar surface area (TPSA) is 29.3 Å². The highest BCUT2D eigenvalue weighted by molar-refractivity contribution is 7.99. The third kappa shape index (κ3) is 5.19. The smallest absolute Gasteiger partial charge is 0.107 e. The molecule has 0 aliphatic heterocycles. The molecule has 1 rings (SSSR count). The lowest BCUT2D eigenvalue weighted by Crippen LogP contribution is -2.33. The van der Waals surface area contributed by atoms with Crippen molar-refractivity contribution >= 4 is 34.7 Å². The Morgan fingerprint density at radius 1 is 1.29 bits per heavy atom. The molecule has 0 saturated carbocycles. The van der Waals surface area contributed by atoms with Crippen LogP contribution in [0.3, 0.4) is 0 Å². The predicted octanol–water partition coefficient (Wildman–Crippen LogP) is 4.84. The van der Waals surface area contributed by atoms with Crippen LogP contribution in [0.1, 0.15) is 52.5 Å². The van der Waals surface area contributed by atoms with E-state index in [9.17, 15) is 0 Å². The normalized spacial score (nSPS) is 10.9. The van der Waals surface area contributed by atoms with Crippen molar-refractivity contribution in [3.05, 3.63) is 23.8 Å². The SMILES string of the molecule is CCCCCN(c1cccc(SCC)c1C(N)=S)C(C)C. The quantitative estimate of drug-likeness (QED) is 0.400. The van der Waals surface area contributed by atoms with E-state index in [0.29, 0.717) is 11.0 Å². The summed E-state index contributed by atoms with van der Waals surface area (Å²) in [4.78, 5) is 4.13. The molecule has 4 heteroatoms. The summed E-state index contributed by atoms with van der Waals surface area (Å²) in [5.41, 5.74) is 8.26. The summed E-state index contributed by atoms with van der Waals surface area (Å²) in [5, 5.41) is 0.